The van der Waals surface area contributed by atoms with E-state index in [4.69, 9.17) is 4.42 Å². The topological polar surface area (TPSA) is 76.3 Å². The van der Waals surface area contributed by atoms with Crippen LogP contribution in [0.5, 0.6) is 0 Å². The smallest absolute Gasteiger partial charge is 0.289 e. The molecule has 5 rings (SSSR count). The number of nitrogens with zero attached hydrogens (tertiary/aromatic N) is 3. The van der Waals surface area contributed by atoms with Gasteiger partial charge in [-0.3, -0.25) is 9.59 Å². The van der Waals surface area contributed by atoms with Crippen LogP contribution in [-0.2, 0) is 5.75 Å². The maximum absolute atomic E-state index is 13.5. The lowest BCUT2D eigenvalue weighted by molar-refractivity contribution is 0.0625. The molecule has 1 saturated heterocycles. The van der Waals surface area contributed by atoms with Crippen LogP contribution in [0.1, 0.15) is 39.3 Å². The molecule has 1 aliphatic rings. The normalized spacial score (nSPS) is 14.5. The van der Waals surface area contributed by atoms with Crippen molar-refractivity contribution < 1.29 is 14.0 Å². The van der Waals surface area contributed by atoms with Crippen LogP contribution in [0.3, 0.4) is 0 Å². The maximum Gasteiger partial charge on any atom is 0.289 e. The minimum atomic E-state index is -0.124. The molecule has 0 radical (unpaired) electrons. The van der Waals surface area contributed by atoms with Gasteiger partial charge in [0.15, 0.2) is 16.7 Å². The third-order valence-corrected chi connectivity index (χ3v) is 6.89. The van der Waals surface area contributed by atoms with Crippen molar-refractivity contribution in [2.75, 3.05) is 13.1 Å². The summed E-state index contributed by atoms with van der Waals surface area (Å²) < 4.78 is 6.03. The summed E-state index contributed by atoms with van der Waals surface area (Å²) in [6.45, 7) is 1.07. The fourth-order valence-corrected chi connectivity index (χ4v) is 5.07. The van der Waals surface area contributed by atoms with Crippen LogP contribution in [0, 0.1) is 5.92 Å². The van der Waals surface area contributed by atoms with Crippen molar-refractivity contribution in [3.05, 3.63) is 89.9 Å². The molecule has 0 aliphatic carbocycles. The number of fused-ring (bicyclic) bond motifs is 1. The molecule has 6 nitrogen and oxygen atoms in total. The number of aromatic nitrogens is 2. The summed E-state index contributed by atoms with van der Waals surface area (Å²) in [5.41, 5.74) is 2.29. The second-order valence-electron chi connectivity index (χ2n) is 8.02. The fourth-order valence-electron chi connectivity index (χ4n) is 4.24. The van der Waals surface area contributed by atoms with Crippen molar-refractivity contribution >= 4 is 34.4 Å². The average Bonchev–Trinajstić information content (AvgIpc) is 3.26. The molecule has 1 aliphatic heterocycles. The third kappa shape index (κ3) is 4.54. The number of piperidine rings is 1. The number of likely N-dealkylation sites (tertiary alicyclic amines) is 1. The molecule has 7 heteroatoms. The van der Waals surface area contributed by atoms with Crippen LogP contribution in [0.15, 0.2) is 82.6 Å². The number of amides is 1. The van der Waals surface area contributed by atoms with E-state index in [9.17, 15) is 9.59 Å². The highest BCUT2D eigenvalue weighted by atomic mass is 32.2. The maximum atomic E-state index is 13.5. The van der Waals surface area contributed by atoms with Crippen molar-refractivity contribution in [3.63, 3.8) is 0 Å². The van der Waals surface area contributed by atoms with E-state index in [0.717, 1.165) is 16.5 Å². The average molecular weight is 458 g/mol. The van der Waals surface area contributed by atoms with Gasteiger partial charge in [0.25, 0.3) is 5.91 Å². The van der Waals surface area contributed by atoms with Gasteiger partial charge in [-0.25, -0.2) is 9.97 Å². The van der Waals surface area contributed by atoms with Gasteiger partial charge >= 0.3 is 0 Å². The Balaban J connectivity index is 1.33. The van der Waals surface area contributed by atoms with E-state index in [1.54, 1.807) is 23.4 Å². The molecule has 0 bridgehead atoms. The van der Waals surface area contributed by atoms with Gasteiger partial charge in [0.05, 0.1) is 0 Å². The van der Waals surface area contributed by atoms with Gasteiger partial charge < -0.3 is 9.32 Å². The second-order valence-corrected chi connectivity index (χ2v) is 8.97. The minimum absolute atomic E-state index is 0.0580. The SMILES string of the molecule is O=C(c1ccccc1)C1CCN(C(=O)c2oc3ccccc3c2CSc2ncccn2)CC1. The number of para-hydroxylation sites is 1. The Morgan fingerprint density at radius 2 is 1.64 bits per heavy atom. The summed E-state index contributed by atoms with van der Waals surface area (Å²) in [6.07, 6.45) is 4.72. The van der Waals surface area contributed by atoms with Crippen molar-refractivity contribution in [1.82, 2.24) is 14.9 Å². The largest absolute Gasteiger partial charge is 0.451 e. The van der Waals surface area contributed by atoms with Crippen LogP contribution in [0.4, 0.5) is 0 Å². The van der Waals surface area contributed by atoms with E-state index in [2.05, 4.69) is 9.97 Å². The van der Waals surface area contributed by atoms with Crippen LogP contribution in [-0.4, -0.2) is 39.6 Å². The molecule has 0 saturated carbocycles. The lowest BCUT2D eigenvalue weighted by Crippen LogP contribution is -2.40. The number of carbonyl (C=O) groups is 2. The number of Topliss-reactive ketones (excluding diaryl/α,β-unsaturated/α-hetero) is 1. The molecular formula is C26H23N3O3S. The van der Waals surface area contributed by atoms with Gasteiger partial charge in [-0.15, -0.1) is 0 Å². The first-order chi connectivity index (χ1) is 16.2. The zero-order valence-electron chi connectivity index (χ0n) is 18.0. The highest BCUT2D eigenvalue weighted by Crippen LogP contribution is 2.32. The Morgan fingerprint density at radius 1 is 0.939 bits per heavy atom. The predicted molar refractivity (Wildman–Crippen MR) is 127 cm³/mol. The molecule has 0 N–H and O–H groups in total. The Morgan fingerprint density at radius 3 is 2.39 bits per heavy atom. The lowest BCUT2D eigenvalue weighted by atomic mass is 9.89. The predicted octanol–water partition coefficient (Wildman–Crippen LogP) is 5.25. The highest BCUT2D eigenvalue weighted by Gasteiger charge is 2.31. The van der Waals surface area contributed by atoms with Crippen LogP contribution >= 0.6 is 11.8 Å². The molecule has 33 heavy (non-hydrogen) atoms. The highest BCUT2D eigenvalue weighted by molar-refractivity contribution is 7.98. The monoisotopic (exact) mass is 457 g/mol. The Hall–Kier alpha value is -3.45. The standard InChI is InChI=1S/C26H23N3O3S/c30-23(18-7-2-1-3-8-18)19-11-15-29(16-12-19)25(31)24-21(17-33-26-27-13-6-14-28-26)20-9-4-5-10-22(20)32-24/h1-10,13-14,19H,11-12,15-17H2. The first-order valence-electron chi connectivity index (χ1n) is 11.0. The van der Waals surface area contributed by atoms with E-state index in [1.165, 1.54) is 11.8 Å². The molecule has 4 aromatic rings. The van der Waals surface area contributed by atoms with Crippen LogP contribution in [0.2, 0.25) is 0 Å². The number of carbonyl (C=O) groups excluding carboxylic acids is 2. The second kappa shape index (κ2) is 9.58. The summed E-state index contributed by atoms with van der Waals surface area (Å²) >= 11 is 1.48. The van der Waals surface area contributed by atoms with Crippen molar-refractivity contribution in [2.45, 2.75) is 23.8 Å². The molecule has 166 valence electrons. The number of furan rings is 1. The first-order valence-corrected chi connectivity index (χ1v) is 12.0. The molecule has 3 heterocycles. The Labute approximate surface area is 196 Å². The summed E-state index contributed by atoms with van der Waals surface area (Å²) in [6, 6.07) is 18.9. The molecule has 2 aromatic heterocycles. The van der Waals surface area contributed by atoms with Gasteiger partial charge in [0.1, 0.15) is 5.58 Å². The number of thioether (sulfide) groups is 1. The van der Waals surface area contributed by atoms with E-state index in [1.807, 2.05) is 54.6 Å². The molecule has 0 spiro atoms. The van der Waals surface area contributed by atoms with Gasteiger partial charge in [-0.05, 0) is 25.0 Å². The van der Waals surface area contributed by atoms with Gasteiger partial charge in [-0.1, -0.05) is 60.3 Å². The lowest BCUT2D eigenvalue weighted by Gasteiger charge is -2.31. The molecule has 1 fully saturated rings. The van der Waals surface area contributed by atoms with E-state index in [-0.39, 0.29) is 17.6 Å². The molecule has 0 unspecified atom stereocenters. The Bertz CT molecular complexity index is 1270. The summed E-state index contributed by atoms with van der Waals surface area (Å²) in [7, 11) is 0. The van der Waals surface area contributed by atoms with Crippen LogP contribution in [0.25, 0.3) is 11.0 Å². The number of hydrogen-bond donors (Lipinski definition) is 0. The van der Waals surface area contributed by atoms with E-state index >= 15 is 0 Å². The number of benzene rings is 2. The third-order valence-electron chi connectivity index (χ3n) is 5.99. The molecular weight excluding hydrogens is 434 g/mol. The first kappa shape index (κ1) is 21.4. The number of hydrogen-bond acceptors (Lipinski definition) is 6. The van der Waals surface area contributed by atoms with Gasteiger partial charge in [0.2, 0.25) is 0 Å². The molecule has 0 atom stereocenters. The number of ketones is 1. The van der Waals surface area contributed by atoms with Crippen molar-refractivity contribution in [1.29, 1.82) is 0 Å². The fraction of sp³-hybridized carbons (Fsp3) is 0.231. The quantitative estimate of drug-likeness (QED) is 0.224. The number of rotatable bonds is 6. The van der Waals surface area contributed by atoms with Crippen LogP contribution < -0.4 is 0 Å². The zero-order valence-corrected chi connectivity index (χ0v) is 18.8. The van der Waals surface area contributed by atoms with Gasteiger partial charge in [-0.2, -0.15) is 0 Å². The summed E-state index contributed by atoms with van der Waals surface area (Å²) in [5.74, 6) is 0.878. The van der Waals surface area contributed by atoms with Crippen molar-refractivity contribution in [2.24, 2.45) is 5.92 Å². The minimum Gasteiger partial charge on any atom is -0.451 e. The Kier molecular flexibility index (Phi) is 6.21. The van der Waals surface area contributed by atoms with Gasteiger partial charge in [0, 0.05) is 53.7 Å². The molecule has 1 amide bonds. The van der Waals surface area contributed by atoms with Crippen molar-refractivity contribution in [3.8, 4) is 0 Å². The molecule has 2 aromatic carbocycles. The summed E-state index contributed by atoms with van der Waals surface area (Å²) in [4.78, 5) is 36.6. The van der Waals surface area contributed by atoms with E-state index < -0.39 is 0 Å². The zero-order chi connectivity index (χ0) is 22.6. The summed E-state index contributed by atoms with van der Waals surface area (Å²) in [5, 5.41) is 1.58. The van der Waals surface area contributed by atoms with E-state index in [0.29, 0.717) is 48.2 Å².